The maximum Gasteiger partial charge on any atom is 0.0992 e. The van der Waals surface area contributed by atoms with Crippen LogP contribution in [-0.4, -0.2) is 6.26 Å². The summed E-state index contributed by atoms with van der Waals surface area (Å²) in [7, 11) is 0. The minimum absolute atomic E-state index is 0.699. The summed E-state index contributed by atoms with van der Waals surface area (Å²) in [6.07, 6.45) is 3.79. The van der Waals surface area contributed by atoms with Crippen molar-refractivity contribution in [1.29, 1.82) is 5.26 Å². The zero-order valence-electron chi connectivity index (χ0n) is 6.87. The Hall–Kier alpha value is -1.20. The molecule has 1 aromatic carbocycles. The molecule has 0 N–H and O–H groups in total. The van der Waals surface area contributed by atoms with E-state index in [4.69, 9.17) is 5.26 Å². The Morgan fingerprint density at radius 3 is 2.83 bits per heavy atom. The van der Waals surface area contributed by atoms with E-state index < -0.39 is 0 Å². The normalized spacial score (nSPS) is 9.00. The summed E-state index contributed by atoms with van der Waals surface area (Å²) in [5, 5.41) is 8.64. The Labute approximate surface area is 76.7 Å². The Bertz CT molecular complexity index is 336. The molecule has 1 rings (SSSR count). The second-order valence-electron chi connectivity index (χ2n) is 2.27. The largest absolute Gasteiger partial charge is 0.192 e. The molecule has 0 aliphatic carbocycles. The van der Waals surface area contributed by atoms with Crippen LogP contribution in [0.1, 0.15) is 11.1 Å². The van der Waals surface area contributed by atoms with Gasteiger partial charge in [-0.25, -0.2) is 0 Å². The van der Waals surface area contributed by atoms with Gasteiger partial charge in [0.1, 0.15) is 0 Å². The lowest BCUT2D eigenvalue weighted by Crippen LogP contribution is -1.80. The van der Waals surface area contributed by atoms with Crippen molar-refractivity contribution in [3.8, 4) is 6.07 Å². The van der Waals surface area contributed by atoms with E-state index in [0.29, 0.717) is 5.56 Å². The van der Waals surface area contributed by atoms with E-state index in [2.05, 4.69) is 12.6 Å². The van der Waals surface area contributed by atoms with Crippen molar-refractivity contribution in [3.05, 3.63) is 35.9 Å². The number of hydrogen-bond acceptors (Lipinski definition) is 2. The minimum atomic E-state index is 0.699. The number of thioether (sulfide) groups is 1. The monoisotopic (exact) mass is 175 g/mol. The van der Waals surface area contributed by atoms with Crippen molar-refractivity contribution < 1.29 is 0 Å². The third-order valence-electron chi connectivity index (χ3n) is 1.58. The highest BCUT2D eigenvalue weighted by Gasteiger charge is 1.98. The first-order valence-corrected chi connectivity index (χ1v) is 4.75. The minimum Gasteiger partial charge on any atom is -0.192 e. The van der Waals surface area contributed by atoms with Crippen LogP contribution in [0.5, 0.6) is 0 Å². The zero-order chi connectivity index (χ0) is 8.97. The van der Waals surface area contributed by atoms with Crippen molar-refractivity contribution in [3.63, 3.8) is 0 Å². The summed E-state index contributed by atoms with van der Waals surface area (Å²) in [5.74, 6) is 0. The van der Waals surface area contributed by atoms with Crippen LogP contribution in [0, 0.1) is 11.3 Å². The average molecular weight is 175 g/mol. The summed E-state index contributed by atoms with van der Waals surface area (Å²) in [6.45, 7) is 3.70. The van der Waals surface area contributed by atoms with Gasteiger partial charge in [-0.3, -0.25) is 0 Å². The average Bonchev–Trinajstić information content (AvgIpc) is 2.16. The fourth-order valence-electron chi connectivity index (χ4n) is 0.949. The number of benzene rings is 1. The highest BCUT2D eigenvalue weighted by atomic mass is 32.2. The summed E-state index contributed by atoms with van der Waals surface area (Å²) < 4.78 is 0. The molecule has 2 heteroatoms. The van der Waals surface area contributed by atoms with Crippen LogP contribution in [0.15, 0.2) is 29.7 Å². The molecule has 0 saturated heterocycles. The van der Waals surface area contributed by atoms with Gasteiger partial charge in [0.25, 0.3) is 0 Å². The predicted octanol–water partition coefficient (Wildman–Crippen LogP) is 2.92. The highest BCUT2D eigenvalue weighted by molar-refractivity contribution is 7.98. The fraction of sp³-hybridized carbons (Fsp3) is 0.100. The molecule has 0 radical (unpaired) electrons. The molecule has 0 atom stereocenters. The molecule has 0 bridgehead atoms. The fourth-order valence-corrected chi connectivity index (χ4v) is 1.58. The lowest BCUT2D eigenvalue weighted by atomic mass is 10.1. The molecule has 0 saturated carbocycles. The van der Waals surface area contributed by atoms with Crippen molar-refractivity contribution >= 4 is 17.8 Å². The van der Waals surface area contributed by atoms with E-state index in [1.165, 1.54) is 0 Å². The van der Waals surface area contributed by atoms with Crippen LogP contribution in [0.25, 0.3) is 6.08 Å². The van der Waals surface area contributed by atoms with Crippen LogP contribution in [0.2, 0.25) is 0 Å². The van der Waals surface area contributed by atoms with Gasteiger partial charge in [0.15, 0.2) is 0 Å². The van der Waals surface area contributed by atoms with E-state index in [0.717, 1.165) is 10.5 Å². The lowest BCUT2D eigenvalue weighted by Gasteiger charge is -2.01. The molecule has 0 fully saturated rings. The van der Waals surface area contributed by atoms with Crippen molar-refractivity contribution in [2.24, 2.45) is 0 Å². The van der Waals surface area contributed by atoms with Gasteiger partial charge < -0.3 is 0 Å². The summed E-state index contributed by atoms with van der Waals surface area (Å²) >= 11 is 1.63. The van der Waals surface area contributed by atoms with Gasteiger partial charge in [0, 0.05) is 4.90 Å². The van der Waals surface area contributed by atoms with E-state index in [1.54, 1.807) is 23.9 Å². The van der Waals surface area contributed by atoms with Crippen LogP contribution >= 0.6 is 11.8 Å². The van der Waals surface area contributed by atoms with Gasteiger partial charge in [-0.15, -0.1) is 11.8 Å². The number of rotatable bonds is 2. The van der Waals surface area contributed by atoms with Gasteiger partial charge in [0.2, 0.25) is 0 Å². The smallest absolute Gasteiger partial charge is 0.0992 e. The zero-order valence-corrected chi connectivity index (χ0v) is 7.69. The molecule has 1 aromatic rings. The van der Waals surface area contributed by atoms with Gasteiger partial charge in [-0.05, 0) is 24.0 Å². The molecular weight excluding hydrogens is 166 g/mol. The summed E-state index contributed by atoms with van der Waals surface area (Å²) in [6, 6.07) is 7.70. The van der Waals surface area contributed by atoms with Crippen LogP contribution in [-0.2, 0) is 0 Å². The third-order valence-corrected chi connectivity index (χ3v) is 2.38. The molecule has 0 amide bonds. The maximum atomic E-state index is 8.64. The molecule has 0 aliphatic heterocycles. The molecule has 1 nitrogen and oxygen atoms in total. The lowest BCUT2D eigenvalue weighted by molar-refractivity contribution is 1.38. The number of hydrogen-bond donors (Lipinski definition) is 0. The van der Waals surface area contributed by atoms with Crippen molar-refractivity contribution in [2.45, 2.75) is 4.90 Å². The topological polar surface area (TPSA) is 23.8 Å². The van der Waals surface area contributed by atoms with E-state index >= 15 is 0 Å². The van der Waals surface area contributed by atoms with Gasteiger partial charge in [-0.2, -0.15) is 5.26 Å². The molecule has 0 heterocycles. The second kappa shape index (κ2) is 3.99. The van der Waals surface area contributed by atoms with E-state index in [1.807, 2.05) is 18.4 Å². The first-order valence-electron chi connectivity index (χ1n) is 3.52. The maximum absolute atomic E-state index is 8.64. The predicted molar refractivity (Wildman–Crippen MR) is 53.0 cm³/mol. The van der Waals surface area contributed by atoms with Crippen molar-refractivity contribution in [2.75, 3.05) is 6.26 Å². The molecule has 0 spiro atoms. The molecular formula is C10H9NS. The Morgan fingerprint density at radius 2 is 2.33 bits per heavy atom. The van der Waals surface area contributed by atoms with Crippen LogP contribution < -0.4 is 0 Å². The molecule has 12 heavy (non-hydrogen) atoms. The summed E-state index contributed by atoms with van der Waals surface area (Å²) in [5.41, 5.74) is 1.78. The van der Waals surface area contributed by atoms with Crippen LogP contribution in [0.4, 0.5) is 0 Å². The van der Waals surface area contributed by atoms with Gasteiger partial charge in [-0.1, -0.05) is 18.7 Å². The number of nitrogens with zero attached hydrogens (tertiary/aromatic N) is 1. The van der Waals surface area contributed by atoms with Crippen LogP contribution in [0.3, 0.4) is 0 Å². The summed E-state index contributed by atoms with van der Waals surface area (Å²) in [4.78, 5) is 1.10. The SMILES string of the molecule is C=Cc1ccc(C#N)cc1SC. The standard InChI is InChI=1S/C10H9NS/c1-3-9-5-4-8(7-11)6-10(9)12-2/h3-6H,1H2,2H3. The Kier molecular flexibility index (Phi) is 2.95. The van der Waals surface area contributed by atoms with E-state index in [-0.39, 0.29) is 0 Å². The quantitative estimate of drug-likeness (QED) is 0.645. The Balaban J connectivity index is 3.21. The molecule has 0 aliphatic rings. The Morgan fingerprint density at radius 1 is 1.58 bits per heavy atom. The van der Waals surface area contributed by atoms with Gasteiger partial charge in [0.05, 0.1) is 11.6 Å². The first kappa shape index (κ1) is 8.89. The molecule has 0 unspecified atom stereocenters. The van der Waals surface area contributed by atoms with E-state index in [9.17, 15) is 0 Å². The first-order chi connectivity index (χ1) is 5.81. The number of nitriles is 1. The van der Waals surface area contributed by atoms with Gasteiger partial charge >= 0.3 is 0 Å². The molecule has 0 aromatic heterocycles. The second-order valence-corrected chi connectivity index (χ2v) is 3.12. The highest BCUT2D eigenvalue weighted by Crippen LogP contribution is 2.22. The van der Waals surface area contributed by atoms with Crippen molar-refractivity contribution in [1.82, 2.24) is 0 Å². The molecule has 60 valence electrons. The third kappa shape index (κ3) is 1.69.